The molecular formula is C16H12F3N5O. The number of amides is 1. The number of rotatable bonds is 3. The van der Waals surface area contributed by atoms with Crippen molar-refractivity contribution >= 4 is 11.6 Å². The Morgan fingerprint density at radius 2 is 1.88 bits per heavy atom. The van der Waals surface area contributed by atoms with E-state index in [2.05, 4.69) is 20.8 Å². The molecule has 1 aromatic heterocycles. The second-order valence-corrected chi connectivity index (χ2v) is 5.20. The van der Waals surface area contributed by atoms with Gasteiger partial charge in [0.25, 0.3) is 5.91 Å². The number of benzene rings is 2. The Kier molecular flexibility index (Phi) is 4.22. The van der Waals surface area contributed by atoms with Crippen molar-refractivity contribution in [1.82, 2.24) is 20.2 Å². The molecule has 128 valence electrons. The van der Waals surface area contributed by atoms with E-state index in [4.69, 9.17) is 0 Å². The molecule has 0 aliphatic heterocycles. The van der Waals surface area contributed by atoms with Crippen molar-refractivity contribution in [3.05, 3.63) is 59.7 Å². The van der Waals surface area contributed by atoms with Crippen molar-refractivity contribution in [3.8, 4) is 11.4 Å². The lowest BCUT2D eigenvalue weighted by Gasteiger charge is -2.13. The first kappa shape index (κ1) is 16.6. The fourth-order valence-electron chi connectivity index (χ4n) is 2.34. The smallest absolute Gasteiger partial charge is 0.322 e. The number of anilines is 1. The minimum absolute atomic E-state index is 0.336. The van der Waals surface area contributed by atoms with Crippen LogP contribution in [0.3, 0.4) is 0 Å². The summed E-state index contributed by atoms with van der Waals surface area (Å²) in [6, 6.07) is 11.2. The standard InChI is InChI=1S/C16H12F3N5O/c1-24-14(21-22-23-24)10-5-4-6-11(9-10)20-15(25)12-7-2-3-8-13(12)16(17,18)19/h2-9H,1H3,(H,20,25). The highest BCUT2D eigenvalue weighted by Crippen LogP contribution is 2.32. The van der Waals surface area contributed by atoms with Crippen LogP contribution in [0, 0.1) is 0 Å². The monoisotopic (exact) mass is 347 g/mol. The van der Waals surface area contributed by atoms with E-state index in [-0.39, 0.29) is 0 Å². The highest BCUT2D eigenvalue weighted by atomic mass is 19.4. The molecule has 0 radical (unpaired) electrons. The van der Waals surface area contributed by atoms with E-state index in [0.717, 1.165) is 12.1 Å². The Hall–Kier alpha value is -3.23. The largest absolute Gasteiger partial charge is 0.417 e. The summed E-state index contributed by atoms with van der Waals surface area (Å²) in [6.45, 7) is 0. The van der Waals surface area contributed by atoms with Gasteiger partial charge in [-0.1, -0.05) is 24.3 Å². The van der Waals surface area contributed by atoms with Crippen molar-refractivity contribution in [2.45, 2.75) is 6.18 Å². The molecule has 1 N–H and O–H groups in total. The van der Waals surface area contributed by atoms with Gasteiger partial charge in [-0.2, -0.15) is 13.2 Å². The number of carbonyl (C=O) groups excluding carboxylic acids is 1. The number of carbonyl (C=O) groups is 1. The highest BCUT2D eigenvalue weighted by molar-refractivity contribution is 6.05. The molecule has 6 nitrogen and oxygen atoms in total. The van der Waals surface area contributed by atoms with Crippen LogP contribution < -0.4 is 5.32 Å². The molecule has 9 heteroatoms. The summed E-state index contributed by atoms with van der Waals surface area (Å²) < 4.78 is 40.6. The fourth-order valence-corrected chi connectivity index (χ4v) is 2.34. The number of halogens is 3. The van der Waals surface area contributed by atoms with E-state index in [1.54, 1.807) is 31.3 Å². The van der Waals surface area contributed by atoms with Gasteiger partial charge in [-0.15, -0.1) is 5.10 Å². The van der Waals surface area contributed by atoms with E-state index in [0.29, 0.717) is 17.1 Å². The molecule has 0 unspecified atom stereocenters. The van der Waals surface area contributed by atoms with E-state index < -0.39 is 23.2 Å². The van der Waals surface area contributed by atoms with Gasteiger partial charge in [0, 0.05) is 18.3 Å². The number of alkyl halides is 3. The third kappa shape index (κ3) is 3.49. The topological polar surface area (TPSA) is 72.7 Å². The predicted molar refractivity (Wildman–Crippen MR) is 83.6 cm³/mol. The molecule has 2 aromatic carbocycles. The number of hydrogen-bond acceptors (Lipinski definition) is 4. The summed E-state index contributed by atoms with van der Waals surface area (Å²) in [4.78, 5) is 12.3. The molecule has 25 heavy (non-hydrogen) atoms. The predicted octanol–water partition coefficient (Wildman–Crippen LogP) is 3.15. The summed E-state index contributed by atoms with van der Waals surface area (Å²) in [5, 5.41) is 13.6. The molecule has 1 amide bonds. The lowest BCUT2D eigenvalue weighted by molar-refractivity contribution is -0.137. The number of nitrogens with zero attached hydrogens (tertiary/aromatic N) is 4. The van der Waals surface area contributed by atoms with Gasteiger partial charge in [0.15, 0.2) is 5.82 Å². The molecule has 0 aliphatic carbocycles. The fraction of sp³-hybridized carbons (Fsp3) is 0.125. The summed E-state index contributed by atoms with van der Waals surface area (Å²) in [5.74, 6) is -0.382. The van der Waals surface area contributed by atoms with Crippen LogP contribution >= 0.6 is 0 Å². The maximum atomic E-state index is 13.0. The number of tetrazole rings is 1. The minimum Gasteiger partial charge on any atom is -0.322 e. The number of hydrogen-bond donors (Lipinski definition) is 1. The van der Waals surface area contributed by atoms with Crippen LogP contribution in [0.4, 0.5) is 18.9 Å². The van der Waals surface area contributed by atoms with Crippen molar-refractivity contribution < 1.29 is 18.0 Å². The Labute approximate surface area is 140 Å². The second kappa shape index (κ2) is 6.34. The Balaban J connectivity index is 1.89. The average Bonchev–Trinajstić information content (AvgIpc) is 3.00. The molecule has 0 bridgehead atoms. The van der Waals surface area contributed by atoms with Crippen molar-refractivity contribution in [2.75, 3.05) is 5.32 Å². The van der Waals surface area contributed by atoms with E-state index in [9.17, 15) is 18.0 Å². The van der Waals surface area contributed by atoms with E-state index in [1.165, 1.54) is 16.8 Å². The Bertz CT molecular complexity index is 920. The van der Waals surface area contributed by atoms with Crippen LogP contribution in [0.1, 0.15) is 15.9 Å². The van der Waals surface area contributed by atoms with Gasteiger partial charge in [0.2, 0.25) is 0 Å². The molecular weight excluding hydrogens is 335 g/mol. The van der Waals surface area contributed by atoms with Crippen molar-refractivity contribution in [2.24, 2.45) is 7.05 Å². The van der Waals surface area contributed by atoms with Gasteiger partial charge in [0.05, 0.1) is 11.1 Å². The van der Waals surface area contributed by atoms with Crippen LogP contribution in [0.2, 0.25) is 0 Å². The third-order valence-electron chi connectivity index (χ3n) is 3.48. The van der Waals surface area contributed by atoms with E-state index in [1.807, 2.05) is 0 Å². The molecule has 0 atom stereocenters. The Morgan fingerprint density at radius 1 is 1.12 bits per heavy atom. The zero-order chi connectivity index (χ0) is 18.0. The van der Waals surface area contributed by atoms with Gasteiger partial charge in [-0.05, 0) is 34.7 Å². The lowest BCUT2D eigenvalue weighted by Crippen LogP contribution is -2.18. The molecule has 0 fully saturated rings. The quantitative estimate of drug-likeness (QED) is 0.790. The average molecular weight is 347 g/mol. The summed E-state index contributed by atoms with van der Waals surface area (Å²) in [6.07, 6.45) is -4.61. The summed E-state index contributed by atoms with van der Waals surface area (Å²) >= 11 is 0. The first-order chi connectivity index (χ1) is 11.9. The number of aryl methyl sites for hydroxylation is 1. The molecule has 3 aromatic rings. The van der Waals surface area contributed by atoms with Gasteiger partial charge in [-0.3, -0.25) is 4.79 Å². The van der Waals surface area contributed by atoms with Crippen molar-refractivity contribution in [3.63, 3.8) is 0 Å². The van der Waals surface area contributed by atoms with Crippen LogP contribution in [-0.4, -0.2) is 26.1 Å². The molecule has 0 saturated carbocycles. The molecule has 0 saturated heterocycles. The van der Waals surface area contributed by atoms with Crippen LogP contribution in [0.25, 0.3) is 11.4 Å². The Morgan fingerprint density at radius 3 is 2.56 bits per heavy atom. The maximum absolute atomic E-state index is 13.0. The van der Waals surface area contributed by atoms with Gasteiger partial charge < -0.3 is 5.32 Å². The molecule has 0 aliphatic rings. The SMILES string of the molecule is Cn1nnnc1-c1cccc(NC(=O)c2ccccc2C(F)(F)F)c1. The van der Waals surface area contributed by atoms with Gasteiger partial charge in [0.1, 0.15) is 0 Å². The van der Waals surface area contributed by atoms with Crippen LogP contribution in [0.15, 0.2) is 48.5 Å². The van der Waals surface area contributed by atoms with Gasteiger partial charge in [-0.25, -0.2) is 4.68 Å². The van der Waals surface area contributed by atoms with Crippen LogP contribution in [0.5, 0.6) is 0 Å². The van der Waals surface area contributed by atoms with E-state index >= 15 is 0 Å². The molecule has 0 spiro atoms. The first-order valence-electron chi connectivity index (χ1n) is 7.16. The number of aromatic nitrogens is 4. The van der Waals surface area contributed by atoms with Gasteiger partial charge >= 0.3 is 6.18 Å². The molecule has 1 heterocycles. The lowest BCUT2D eigenvalue weighted by atomic mass is 10.1. The summed E-state index contributed by atoms with van der Waals surface area (Å²) in [7, 11) is 1.65. The molecule has 3 rings (SSSR count). The number of nitrogens with one attached hydrogen (secondary N) is 1. The van der Waals surface area contributed by atoms with Crippen molar-refractivity contribution in [1.29, 1.82) is 0 Å². The zero-order valence-corrected chi connectivity index (χ0v) is 12.9. The zero-order valence-electron chi connectivity index (χ0n) is 12.9. The first-order valence-corrected chi connectivity index (χ1v) is 7.16. The normalized spacial score (nSPS) is 11.4. The summed E-state index contributed by atoms with van der Waals surface area (Å²) in [5.41, 5.74) is -0.473. The second-order valence-electron chi connectivity index (χ2n) is 5.20. The third-order valence-corrected chi connectivity index (χ3v) is 3.48. The minimum atomic E-state index is -4.61. The van der Waals surface area contributed by atoms with Crippen LogP contribution in [-0.2, 0) is 13.2 Å². The maximum Gasteiger partial charge on any atom is 0.417 e. The highest BCUT2D eigenvalue weighted by Gasteiger charge is 2.34.